The van der Waals surface area contributed by atoms with Crippen LogP contribution in [-0.2, 0) is 0 Å². The molecule has 2 aromatic heterocycles. The van der Waals surface area contributed by atoms with E-state index in [4.69, 9.17) is 0 Å². The topological polar surface area (TPSA) is 73.9 Å². The first-order valence-electron chi connectivity index (χ1n) is 9.87. The quantitative estimate of drug-likeness (QED) is 0.365. The first kappa shape index (κ1) is 19.9. The molecule has 8 heteroatoms. The third-order valence-corrected chi connectivity index (χ3v) is 5.84. The smallest absolute Gasteiger partial charge is 0.266 e. The highest BCUT2D eigenvalue weighted by atomic mass is 32.1. The molecule has 0 radical (unpaired) electrons. The van der Waals surface area contributed by atoms with Gasteiger partial charge in [-0.05, 0) is 48.5 Å². The Bertz CT molecular complexity index is 1450. The molecule has 0 saturated carbocycles. The fourth-order valence-electron chi connectivity index (χ4n) is 3.45. The highest BCUT2D eigenvalue weighted by Gasteiger charge is 2.14. The van der Waals surface area contributed by atoms with E-state index in [1.807, 2.05) is 59.8 Å². The molecule has 3 aromatic carbocycles. The van der Waals surface area contributed by atoms with Gasteiger partial charge in [0.15, 0.2) is 5.13 Å². The summed E-state index contributed by atoms with van der Waals surface area (Å²) in [7, 11) is 1.97. The lowest BCUT2D eigenvalue weighted by Crippen LogP contribution is -2.12. The largest absolute Gasteiger partial charge is 0.343 e. The van der Waals surface area contributed by atoms with Crippen LogP contribution < -0.4 is 15.8 Å². The summed E-state index contributed by atoms with van der Waals surface area (Å²) in [4.78, 5) is 25.6. The third kappa shape index (κ3) is 3.95. The number of thiazole rings is 1. The van der Waals surface area contributed by atoms with Crippen LogP contribution in [0.4, 0.5) is 26.6 Å². The molecule has 0 bridgehead atoms. The molecule has 0 aliphatic heterocycles. The summed E-state index contributed by atoms with van der Waals surface area (Å²) >= 11 is 1.45. The van der Waals surface area contributed by atoms with Crippen molar-refractivity contribution in [1.29, 1.82) is 0 Å². The monoisotopic (exact) mass is 443 g/mol. The van der Waals surface area contributed by atoms with Gasteiger partial charge in [0, 0.05) is 23.7 Å². The van der Waals surface area contributed by atoms with Crippen molar-refractivity contribution in [1.82, 2.24) is 15.0 Å². The first-order chi connectivity index (χ1) is 15.6. The van der Waals surface area contributed by atoms with Gasteiger partial charge in [0.25, 0.3) is 5.56 Å². The van der Waals surface area contributed by atoms with E-state index in [-0.39, 0.29) is 11.4 Å². The van der Waals surface area contributed by atoms with E-state index in [0.717, 1.165) is 28.3 Å². The standard InChI is InChI=1S/C24H18FN5OS/c1-30(17-5-3-2-4-6-17)22-12-18-19(27-23(31)13-26-18)11-20(22)28-24-29-21(14-32-24)15-7-9-16(25)10-8-15/h2-14H,1H3,(H,27,31)(H,28,29). The van der Waals surface area contributed by atoms with Crippen molar-refractivity contribution in [3.8, 4) is 11.3 Å². The summed E-state index contributed by atoms with van der Waals surface area (Å²) in [6.45, 7) is 0. The van der Waals surface area contributed by atoms with Gasteiger partial charge in [-0.2, -0.15) is 0 Å². The Balaban J connectivity index is 1.56. The number of halogens is 1. The lowest BCUT2D eigenvalue weighted by molar-refractivity contribution is 0.628. The number of fused-ring (bicyclic) bond motifs is 1. The summed E-state index contributed by atoms with van der Waals surface area (Å²) in [6, 6.07) is 20.0. The molecule has 2 heterocycles. The highest BCUT2D eigenvalue weighted by molar-refractivity contribution is 7.14. The maximum Gasteiger partial charge on any atom is 0.266 e. The van der Waals surface area contributed by atoms with Gasteiger partial charge in [0.05, 0.1) is 34.3 Å². The molecule has 6 nitrogen and oxygen atoms in total. The second-order valence-electron chi connectivity index (χ2n) is 7.20. The molecule has 5 rings (SSSR count). The average Bonchev–Trinajstić information content (AvgIpc) is 3.27. The van der Waals surface area contributed by atoms with Crippen LogP contribution >= 0.6 is 11.3 Å². The number of anilines is 4. The number of H-pyrrole nitrogens is 1. The van der Waals surface area contributed by atoms with Crippen molar-refractivity contribution in [2.24, 2.45) is 0 Å². The van der Waals surface area contributed by atoms with E-state index in [0.29, 0.717) is 16.2 Å². The molecule has 2 N–H and O–H groups in total. The SMILES string of the molecule is CN(c1ccccc1)c1cc2ncc(=O)[nH]c2cc1Nc1nc(-c2ccc(F)cc2)cs1. The van der Waals surface area contributed by atoms with Gasteiger partial charge >= 0.3 is 0 Å². The molecule has 0 amide bonds. The average molecular weight is 444 g/mol. The van der Waals surface area contributed by atoms with Gasteiger partial charge in [-0.15, -0.1) is 11.3 Å². The Morgan fingerprint density at radius 1 is 1.06 bits per heavy atom. The van der Waals surface area contributed by atoms with E-state index in [2.05, 4.69) is 20.3 Å². The van der Waals surface area contributed by atoms with Crippen LogP contribution in [0.3, 0.4) is 0 Å². The van der Waals surface area contributed by atoms with Gasteiger partial charge in [0.1, 0.15) is 5.82 Å². The zero-order valence-corrected chi connectivity index (χ0v) is 17.9. The molecular formula is C24H18FN5OS. The lowest BCUT2D eigenvalue weighted by atomic mass is 10.2. The maximum absolute atomic E-state index is 13.2. The number of para-hydroxylation sites is 1. The Labute approximate surface area is 187 Å². The van der Waals surface area contributed by atoms with Crippen LogP contribution in [0.2, 0.25) is 0 Å². The summed E-state index contributed by atoms with van der Waals surface area (Å²) in [6.07, 6.45) is 1.28. The van der Waals surface area contributed by atoms with Crippen molar-refractivity contribution in [3.63, 3.8) is 0 Å². The van der Waals surface area contributed by atoms with Crippen LogP contribution in [0.25, 0.3) is 22.3 Å². The number of rotatable bonds is 5. The van der Waals surface area contributed by atoms with Crippen LogP contribution in [0.5, 0.6) is 0 Å². The number of nitrogens with zero attached hydrogens (tertiary/aromatic N) is 3. The Hall–Kier alpha value is -4.04. The maximum atomic E-state index is 13.2. The number of aromatic amines is 1. The fourth-order valence-corrected chi connectivity index (χ4v) is 4.18. The molecule has 0 unspecified atom stereocenters. The molecule has 0 saturated heterocycles. The molecule has 0 aliphatic carbocycles. The zero-order chi connectivity index (χ0) is 22.1. The molecule has 0 fully saturated rings. The number of benzene rings is 3. The van der Waals surface area contributed by atoms with Gasteiger partial charge in [-0.3, -0.25) is 4.79 Å². The second-order valence-corrected chi connectivity index (χ2v) is 8.06. The van der Waals surface area contributed by atoms with E-state index in [1.165, 1.54) is 29.7 Å². The third-order valence-electron chi connectivity index (χ3n) is 5.08. The molecule has 0 spiro atoms. The predicted octanol–water partition coefficient (Wildman–Crippen LogP) is 5.70. The Kier molecular flexibility index (Phi) is 5.12. The Morgan fingerprint density at radius 2 is 1.84 bits per heavy atom. The minimum Gasteiger partial charge on any atom is -0.343 e. The van der Waals surface area contributed by atoms with E-state index >= 15 is 0 Å². The molecule has 0 atom stereocenters. The van der Waals surface area contributed by atoms with Crippen LogP contribution in [0.15, 0.2) is 83.1 Å². The first-order valence-corrected chi connectivity index (χ1v) is 10.8. The summed E-state index contributed by atoms with van der Waals surface area (Å²) in [5.74, 6) is -0.283. The van der Waals surface area contributed by atoms with Crippen LogP contribution in [0.1, 0.15) is 0 Å². The Morgan fingerprint density at radius 3 is 2.62 bits per heavy atom. The van der Waals surface area contributed by atoms with E-state index in [1.54, 1.807) is 12.1 Å². The van der Waals surface area contributed by atoms with E-state index < -0.39 is 0 Å². The number of hydrogen-bond donors (Lipinski definition) is 2. The van der Waals surface area contributed by atoms with Gasteiger partial charge in [-0.1, -0.05) is 18.2 Å². The molecule has 5 aromatic rings. The summed E-state index contributed by atoms with van der Waals surface area (Å²) in [5, 5.41) is 5.97. The normalized spacial score (nSPS) is 10.9. The second kappa shape index (κ2) is 8.24. The van der Waals surface area contributed by atoms with Crippen molar-refractivity contribution >= 4 is 44.6 Å². The summed E-state index contributed by atoms with van der Waals surface area (Å²) in [5.41, 5.74) is 5.29. The van der Waals surface area contributed by atoms with Crippen molar-refractivity contribution in [2.75, 3.05) is 17.3 Å². The summed E-state index contributed by atoms with van der Waals surface area (Å²) < 4.78 is 13.2. The minimum atomic E-state index is -0.283. The van der Waals surface area contributed by atoms with Crippen molar-refractivity contribution in [3.05, 3.63) is 94.5 Å². The lowest BCUT2D eigenvalue weighted by Gasteiger charge is -2.23. The van der Waals surface area contributed by atoms with Gasteiger partial charge < -0.3 is 15.2 Å². The zero-order valence-electron chi connectivity index (χ0n) is 17.0. The predicted molar refractivity (Wildman–Crippen MR) is 128 cm³/mol. The molecule has 32 heavy (non-hydrogen) atoms. The van der Waals surface area contributed by atoms with Crippen molar-refractivity contribution < 1.29 is 4.39 Å². The van der Waals surface area contributed by atoms with Crippen LogP contribution in [-0.4, -0.2) is 22.0 Å². The molecular weight excluding hydrogens is 425 g/mol. The molecule has 0 aliphatic rings. The highest BCUT2D eigenvalue weighted by Crippen LogP contribution is 2.36. The van der Waals surface area contributed by atoms with Crippen molar-refractivity contribution in [2.45, 2.75) is 0 Å². The van der Waals surface area contributed by atoms with E-state index in [9.17, 15) is 9.18 Å². The molecule has 158 valence electrons. The number of nitrogens with one attached hydrogen (secondary N) is 2. The number of hydrogen-bond acceptors (Lipinski definition) is 6. The van der Waals surface area contributed by atoms with Gasteiger partial charge in [-0.25, -0.2) is 14.4 Å². The van der Waals surface area contributed by atoms with Crippen LogP contribution in [0, 0.1) is 5.82 Å². The van der Waals surface area contributed by atoms with Gasteiger partial charge in [0.2, 0.25) is 0 Å². The number of aromatic nitrogens is 3. The minimum absolute atomic E-state index is 0.263. The fraction of sp³-hybridized carbons (Fsp3) is 0.0417.